The molecule has 0 saturated carbocycles. The highest BCUT2D eigenvalue weighted by Gasteiger charge is 2.28. The van der Waals surface area contributed by atoms with Crippen molar-refractivity contribution in [3.63, 3.8) is 0 Å². The van der Waals surface area contributed by atoms with Crippen LogP contribution in [0.15, 0.2) is 12.2 Å². The molecule has 0 spiro atoms. The van der Waals surface area contributed by atoms with Gasteiger partial charge in [-0.3, -0.25) is 23.4 Å². The van der Waals surface area contributed by atoms with E-state index in [1.807, 2.05) is 0 Å². The molecule has 0 aromatic carbocycles. The topological polar surface area (TPSA) is 172 Å². The minimum Gasteiger partial charge on any atom is -0.480 e. The number of allylic oxidation sites excluding steroid dienone is 2. The minimum atomic E-state index is -4.71. The van der Waals surface area contributed by atoms with Crippen LogP contribution in [0.4, 0.5) is 0 Å². The number of aliphatic carboxylic acids is 1. The van der Waals surface area contributed by atoms with Crippen molar-refractivity contribution >= 4 is 25.7 Å². The van der Waals surface area contributed by atoms with E-state index < -0.39 is 51.1 Å². The summed E-state index contributed by atoms with van der Waals surface area (Å²) in [5, 5.41) is 8.90. The molecule has 0 aromatic rings. The zero-order valence-corrected chi connectivity index (χ0v) is 39.5. The molecule has 3 unspecified atom stereocenters. The van der Waals surface area contributed by atoms with Gasteiger partial charge < -0.3 is 25.2 Å². The predicted molar refractivity (Wildman–Crippen MR) is 245 cm³/mol. The first-order chi connectivity index (χ1) is 29.1. The van der Waals surface area contributed by atoms with Crippen molar-refractivity contribution in [1.82, 2.24) is 0 Å². The number of esters is 2. The van der Waals surface area contributed by atoms with Gasteiger partial charge >= 0.3 is 25.7 Å². The molecule has 0 bridgehead atoms. The van der Waals surface area contributed by atoms with Crippen molar-refractivity contribution in [3.8, 4) is 0 Å². The number of phosphoric ester groups is 1. The summed E-state index contributed by atoms with van der Waals surface area (Å²) in [4.78, 5) is 46.1. The summed E-state index contributed by atoms with van der Waals surface area (Å²) in [5.41, 5.74) is 5.34. The highest BCUT2D eigenvalue weighted by Crippen LogP contribution is 2.43. The number of nitrogens with two attached hydrogens (primary N) is 1. The van der Waals surface area contributed by atoms with Gasteiger partial charge in [0.15, 0.2) is 6.10 Å². The number of phosphoric acid groups is 1. The third-order valence-corrected chi connectivity index (χ3v) is 12.0. The fraction of sp³-hybridized carbons (Fsp3) is 0.896. The molecule has 11 nitrogen and oxygen atoms in total. The zero-order chi connectivity index (χ0) is 44.2. The second kappa shape index (κ2) is 43.9. The van der Waals surface area contributed by atoms with Crippen LogP contribution in [0.5, 0.6) is 0 Å². The molecule has 0 radical (unpaired) electrons. The van der Waals surface area contributed by atoms with Crippen molar-refractivity contribution in [1.29, 1.82) is 0 Å². The van der Waals surface area contributed by atoms with Gasteiger partial charge in [-0.2, -0.15) is 0 Å². The molecule has 0 fully saturated rings. The van der Waals surface area contributed by atoms with Crippen LogP contribution >= 0.6 is 7.82 Å². The standard InChI is InChI=1S/C48H92NO10P/c1-3-5-7-9-11-13-15-17-18-19-20-21-22-23-24-25-26-28-30-32-34-36-38-40-47(51)59-44(42-57-60(54,55)58-43-45(49)48(52)53)41-56-46(50)39-37-35-33-31-29-27-16-14-12-10-8-6-4-2/h19-20,44-45H,3-18,21-43,49H2,1-2H3,(H,52,53)(H,54,55)/b20-19-. The zero-order valence-electron chi connectivity index (χ0n) is 38.6. The largest absolute Gasteiger partial charge is 0.480 e. The summed E-state index contributed by atoms with van der Waals surface area (Å²) in [6.45, 7) is 2.84. The molecule has 3 atom stereocenters. The monoisotopic (exact) mass is 874 g/mol. The molecule has 0 aliphatic carbocycles. The third-order valence-electron chi connectivity index (χ3n) is 11.0. The highest BCUT2D eigenvalue weighted by molar-refractivity contribution is 7.47. The Morgan fingerprint density at radius 1 is 0.500 bits per heavy atom. The van der Waals surface area contributed by atoms with E-state index in [-0.39, 0.29) is 19.4 Å². The number of hydrogen-bond acceptors (Lipinski definition) is 9. The van der Waals surface area contributed by atoms with Gasteiger partial charge in [0.1, 0.15) is 12.6 Å². The van der Waals surface area contributed by atoms with E-state index in [0.717, 1.165) is 38.5 Å². The van der Waals surface area contributed by atoms with E-state index in [4.69, 9.17) is 24.8 Å². The Hall–Kier alpha value is -1.78. The Kier molecular flexibility index (Phi) is 42.6. The third kappa shape index (κ3) is 42.9. The Balaban J connectivity index is 4.19. The van der Waals surface area contributed by atoms with Gasteiger partial charge in [-0.05, 0) is 38.5 Å². The van der Waals surface area contributed by atoms with E-state index >= 15 is 0 Å². The normalized spacial score (nSPS) is 13.7. The minimum absolute atomic E-state index is 0.165. The summed E-state index contributed by atoms with van der Waals surface area (Å²) >= 11 is 0. The van der Waals surface area contributed by atoms with E-state index in [9.17, 15) is 23.8 Å². The molecule has 12 heteroatoms. The summed E-state index contributed by atoms with van der Waals surface area (Å²) in [5.74, 6) is -2.36. The van der Waals surface area contributed by atoms with E-state index in [2.05, 4.69) is 30.5 Å². The Labute approximate surface area is 367 Å². The first-order valence-corrected chi connectivity index (χ1v) is 26.2. The lowest BCUT2D eigenvalue weighted by atomic mass is 10.0. The molecular formula is C48H92NO10P. The van der Waals surface area contributed by atoms with Crippen LogP contribution in [0.25, 0.3) is 0 Å². The fourth-order valence-corrected chi connectivity index (χ4v) is 7.90. The maximum atomic E-state index is 12.7. The SMILES string of the molecule is CCCCCCCCCC/C=C\CCCCCCCCCCCCCC(=O)OC(COC(=O)CCCCCCCCCCCCCCC)COP(=O)(O)OCC(N)C(=O)O. The van der Waals surface area contributed by atoms with Crippen LogP contribution in [0.2, 0.25) is 0 Å². The molecule has 0 heterocycles. The molecular weight excluding hydrogens is 781 g/mol. The Bertz CT molecular complexity index is 1070. The molecule has 354 valence electrons. The van der Waals surface area contributed by atoms with Crippen molar-refractivity contribution in [3.05, 3.63) is 12.2 Å². The van der Waals surface area contributed by atoms with Crippen LogP contribution in [0.1, 0.15) is 245 Å². The van der Waals surface area contributed by atoms with Crippen LogP contribution in [-0.4, -0.2) is 59.9 Å². The van der Waals surface area contributed by atoms with Gasteiger partial charge in [-0.15, -0.1) is 0 Å². The molecule has 0 aliphatic rings. The quantitative estimate of drug-likeness (QED) is 0.0230. The van der Waals surface area contributed by atoms with Gasteiger partial charge in [-0.1, -0.05) is 206 Å². The Morgan fingerprint density at radius 3 is 1.22 bits per heavy atom. The summed E-state index contributed by atoms with van der Waals surface area (Å²) < 4.78 is 32.8. The van der Waals surface area contributed by atoms with Crippen LogP contribution in [0.3, 0.4) is 0 Å². The molecule has 0 saturated heterocycles. The molecule has 0 aromatic heterocycles. The van der Waals surface area contributed by atoms with Gasteiger partial charge in [0.25, 0.3) is 0 Å². The molecule has 0 amide bonds. The Morgan fingerprint density at radius 2 is 0.833 bits per heavy atom. The van der Waals surface area contributed by atoms with E-state index in [1.54, 1.807) is 0 Å². The van der Waals surface area contributed by atoms with Crippen molar-refractivity contribution in [2.75, 3.05) is 19.8 Å². The van der Waals surface area contributed by atoms with Gasteiger partial charge in [-0.25, -0.2) is 4.57 Å². The van der Waals surface area contributed by atoms with Crippen LogP contribution in [-0.2, 0) is 37.5 Å². The second-order valence-corrected chi connectivity index (χ2v) is 18.4. The van der Waals surface area contributed by atoms with Crippen molar-refractivity contribution in [2.24, 2.45) is 5.73 Å². The molecule has 0 aliphatic heterocycles. The number of carboxylic acids is 1. The number of unbranched alkanes of at least 4 members (excludes halogenated alkanes) is 31. The van der Waals surface area contributed by atoms with Gasteiger partial charge in [0.05, 0.1) is 13.2 Å². The number of rotatable bonds is 47. The lowest BCUT2D eigenvalue weighted by Crippen LogP contribution is -2.34. The average molecular weight is 874 g/mol. The molecule has 60 heavy (non-hydrogen) atoms. The number of ether oxygens (including phenoxy) is 2. The van der Waals surface area contributed by atoms with Crippen LogP contribution < -0.4 is 5.73 Å². The number of carboxylic acid groups (broad SMARTS) is 1. The number of hydrogen-bond donors (Lipinski definition) is 3. The number of carbonyl (C=O) groups excluding carboxylic acids is 2. The number of carbonyl (C=O) groups is 3. The molecule has 4 N–H and O–H groups in total. The fourth-order valence-electron chi connectivity index (χ4n) is 7.12. The highest BCUT2D eigenvalue weighted by atomic mass is 31.2. The maximum Gasteiger partial charge on any atom is 0.472 e. The first-order valence-electron chi connectivity index (χ1n) is 24.7. The summed E-state index contributed by atoms with van der Waals surface area (Å²) in [6, 6.07) is -1.52. The predicted octanol–water partition coefficient (Wildman–Crippen LogP) is 13.6. The van der Waals surface area contributed by atoms with E-state index in [1.165, 1.54) is 167 Å². The van der Waals surface area contributed by atoms with Gasteiger partial charge in [0, 0.05) is 12.8 Å². The smallest absolute Gasteiger partial charge is 0.472 e. The van der Waals surface area contributed by atoms with Gasteiger partial charge in [0.2, 0.25) is 0 Å². The maximum absolute atomic E-state index is 12.7. The summed E-state index contributed by atoms with van der Waals surface area (Å²) in [6.07, 6.45) is 45.6. The average Bonchev–Trinajstić information content (AvgIpc) is 3.22. The lowest BCUT2D eigenvalue weighted by molar-refractivity contribution is -0.161. The lowest BCUT2D eigenvalue weighted by Gasteiger charge is -2.20. The van der Waals surface area contributed by atoms with Crippen molar-refractivity contribution in [2.45, 2.75) is 257 Å². The first kappa shape index (κ1) is 58.2. The summed E-state index contributed by atoms with van der Waals surface area (Å²) in [7, 11) is -4.71. The van der Waals surface area contributed by atoms with Crippen LogP contribution in [0, 0.1) is 0 Å². The van der Waals surface area contributed by atoms with Crippen molar-refractivity contribution < 1.29 is 47.5 Å². The molecule has 0 rings (SSSR count). The van der Waals surface area contributed by atoms with E-state index in [0.29, 0.717) is 12.8 Å². The second-order valence-electron chi connectivity index (χ2n) is 17.0.